The number of halogens is 4. The maximum Gasteiger partial charge on any atom is 0.433 e. The average Bonchev–Trinajstić information content (AvgIpc) is 2.70. The van der Waals surface area contributed by atoms with Gasteiger partial charge in [0.05, 0.1) is 0 Å². The predicted octanol–water partition coefficient (Wildman–Crippen LogP) is 3.58. The fourth-order valence-corrected chi connectivity index (χ4v) is 2.36. The van der Waals surface area contributed by atoms with E-state index in [9.17, 15) is 18.0 Å². The predicted molar refractivity (Wildman–Crippen MR) is 62.3 cm³/mol. The standard InChI is InChI=1S/C10H4ClF3N2O2S/c11-7-6(9(17)18)19-8(16-7)4-1-2-5(15-3-4)10(12,13)14/h1-3H,(H,17,18). The Morgan fingerprint density at radius 3 is 2.47 bits per heavy atom. The Bertz CT molecular complexity index is 625. The molecule has 2 heterocycles. The van der Waals surface area contributed by atoms with Crippen molar-refractivity contribution in [3.63, 3.8) is 0 Å². The number of aromatic nitrogens is 2. The van der Waals surface area contributed by atoms with Gasteiger partial charge in [0, 0.05) is 11.8 Å². The maximum atomic E-state index is 12.3. The minimum Gasteiger partial charge on any atom is -0.477 e. The molecule has 0 amide bonds. The Kier molecular flexibility index (Phi) is 3.46. The summed E-state index contributed by atoms with van der Waals surface area (Å²) in [6, 6.07) is 1.96. The molecule has 2 aromatic heterocycles. The second kappa shape index (κ2) is 4.78. The van der Waals surface area contributed by atoms with Gasteiger partial charge in [-0.05, 0) is 12.1 Å². The lowest BCUT2D eigenvalue weighted by Crippen LogP contribution is -2.07. The van der Waals surface area contributed by atoms with Gasteiger partial charge in [0.1, 0.15) is 10.7 Å². The smallest absolute Gasteiger partial charge is 0.433 e. The van der Waals surface area contributed by atoms with Gasteiger partial charge in [0.25, 0.3) is 0 Å². The number of aromatic carboxylic acids is 1. The quantitative estimate of drug-likeness (QED) is 0.921. The SMILES string of the molecule is O=C(O)c1sc(-c2ccc(C(F)(F)F)nc2)nc1Cl. The molecule has 0 radical (unpaired) electrons. The van der Waals surface area contributed by atoms with Gasteiger partial charge in [-0.1, -0.05) is 11.6 Å². The number of carboxylic acid groups (broad SMARTS) is 1. The van der Waals surface area contributed by atoms with E-state index in [-0.39, 0.29) is 20.6 Å². The number of thiazole rings is 1. The first kappa shape index (κ1) is 13.8. The summed E-state index contributed by atoms with van der Waals surface area (Å²) in [5.41, 5.74) is -0.759. The van der Waals surface area contributed by atoms with Crippen LogP contribution in [0.2, 0.25) is 5.15 Å². The first-order valence-electron chi connectivity index (χ1n) is 4.72. The zero-order valence-corrected chi connectivity index (χ0v) is 10.5. The lowest BCUT2D eigenvalue weighted by Gasteiger charge is -2.04. The number of hydrogen-bond donors (Lipinski definition) is 1. The molecule has 1 N–H and O–H groups in total. The summed E-state index contributed by atoms with van der Waals surface area (Å²) >= 11 is 6.38. The van der Waals surface area contributed by atoms with E-state index in [1.54, 1.807) is 0 Å². The highest BCUT2D eigenvalue weighted by molar-refractivity contribution is 7.17. The molecule has 0 fully saturated rings. The van der Waals surface area contributed by atoms with Gasteiger partial charge in [-0.25, -0.2) is 9.78 Å². The molecule has 0 saturated heterocycles. The highest BCUT2D eigenvalue weighted by Gasteiger charge is 2.32. The third-order valence-electron chi connectivity index (χ3n) is 2.08. The van der Waals surface area contributed by atoms with E-state index in [1.807, 2.05) is 0 Å². The molecule has 0 atom stereocenters. The molecule has 0 aliphatic heterocycles. The van der Waals surface area contributed by atoms with Crippen molar-refractivity contribution < 1.29 is 23.1 Å². The van der Waals surface area contributed by atoms with Crippen molar-refractivity contribution in [3.8, 4) is 10.6 Å². The number of rotatable bonds is 2. The minimum atomic E-state index is -4.52. The molecule has 9 heteroatoms. The Hall–Kier alpha value is -1.67. The fourth-order valence-electron chi connectivity index (χ4n) is 1.24. The van der Waals surface area contributed by atoms with Gasteiger partial charge in [-0.3, -0.25) is 4.98 Å². The molecule has 4 nitrogen and oxygen atoms in total. The Morgan fingerprint density at radius 2 is 2.05 bits per heavy atom. The van der Waals surface area contributed by atoms with Crippen LogP contribution in [0.4, 0.5) is 13.2 Å². The van der Waals surface area contributed by atoms with E-state index in [1.165, 1.54) is 0 Å². The van der Waals surface area contributed by atoms with Crippen LogP contribution in [0.15, 0.2) is 18.3 Å². The van der Waals surface area contributed by atoms with Crippen LogP contribution in [0.1, 0.15) is 15.4 Å². The van der Waals surface area contributed by atoms with Crippen LogP contribution in [0, 0.1) is 0 Å². The molecule has 0 bridgehead atoms. The van der Waals surface area contributed by atoms with Crippen LogP contribution in [0.5, 0.6) is 0 Å². The third-order valence-corrected chi connectivity index (χ3v) is 3.56. The molecule has 2 rings (SSSR count). The van der Waals surface area contributed by atoms with Crippen molar-refractivity contribution >= 4 is 28.9 Å². The third kappa shape index (κ3) is 2.85. The van der Waals surface area contributed by atoms with E-state index < -0.39 is 17.8 Å². The average molecular weight is 309 g/mol. The summed E-state index contributed by atoms with van der Waals surface area (Å²) in [4.78, 5) is 17.6. The summed E-state index contributed by atoms with van der Waals surface area (Å²) < 4.78 is 37.0. The van der Waals surface area contributed by atoms with Crippen molar-refractivity contribution in [1.29, 1.82) is 0 Å². The number of alkyl halides is 3. The number of pyridine rings is 1. The lowest BCUT2D eigenvalue weighted by atomic mass is 10.2. The largest absolute Gasteiger partial charge is 0.477 e. The Balaban J connectivity index is 2.38. The highest BCUT2D eigenvalue weighted by Crippen LogP contribution is 2.32. The summed E-state index contributed by atoms with van der Waals surface area (Å²) in [5.74, 6) is -1.24. The molecule has 0 aliphatic carbocycles. The molecule has 100 valence electrons. The fraction of sp³-hybridized carbons (Fsp3) is 0.100. The van der Waals surface area contributed by atoms with Crippen LogP contribution >= 0.6 is 22.9 Å². The molecule has 19 heavy (non-hydrogen) atoms. The number of nitrogens with zero attached hydrogens (tertiary/aromatic N) is 2. The lowest BCUT2D eigenvalue weighted by molar-refractivity contribution is -0.141. The van der Waals surface area contributed by atoms with Crippen molar-refractivity contribution in [2.24, 2.45) is 0 Å². The first-order valence-corrected chi connectivity index (χ1v) is 5.91. The Morgan fingerprint density at radius 1 is 1.37 bits per heavy atom. The molecule has 0 aromatic carbocycles. The van der Waals surface area contributed by atoms with Gasteiger partial charge in [-0.2, -0.15) is 13.2 Å². The van der Waals surface area contributed by atoms with E-state index in [2.05, 4.69) is 9.97 Å². The summed E-state index contributed by atoms with van der Waals surface area (Å²) in [5, 5.41) is 8.79. The van der Waals surface area contributed by atoms with Gasteiger partial charge in [0.2, 0.25) is 0 Å². The van der Waals surface area contributed by atoms with Crippen LogP contribution < -0.4 is 0 Å². The minimum absolute atomic E-state index is 0.170. The number of carbonyl (C=O) groups is 1. The van der Waals surface area contributed by atoms with Crippen molar-refractivity contribution in [3.05, 3.63) is 34.1 Å². The second-order valence-corrected chi connectivity index (χ2v) is 4.73. The summed E-state index contributed by atoms with van der Waals surface area (Å²) in [6.45, 7) is 0. The van der Waals surface area contributed by atoms with Gasteiger partial charge < -0.3 is 5.11 Å². The van der Waals surface area contributed by atoms with E-state index in [0.717, 1.165) is 29.7 Å². The number of carboxylic acids is 1. The van der Waals surface area contributed by atoms with Crippen molar-refractivity contribution in [1.82, 2.24) is 9.97 Å². The molecule has 0 unspecified atom stereocenters. The topological polar surface area (TPSA) is 63.1 Å². The zero-order valence-electron chi connectivity index (χ0n) is 8.90. The molecule has 0 aliphatic rings. The van der Waals surface area contributed by atoms with Crippen LogP contribution in [0.25, 0.3) is 10.6 Å². The van der Waals surface area contributed by atoms with Crippen LogP contribution in [0.3, 0.4) is 0 Å². The van der Waals surface area contributed by atoms with Gasteiger partial charge >= 0.3 is 12.1 Å². The normalized spacial score (nSPS) is 11.6. The van der Waals surface area contributed by atoms with E-state index >= 15 is 0 Å². The molecular formula is C10H4ClF3N2O2S. The Labute approximate surface area is 113 Å². The second-order valence-electron chi connectivity index (χ2n) is 3.37. The summed E-state index contributed by atoms with van der Waals surface area (Å²) in [6.07, 6.45) is -3.55. The molecule has 0 spiro atoms. The number of hydrogen-bond acceptors (Lipinski definition) is 4. The van der Waals surface area contributed by atoms with Gasteiger partial charge in [0.15, 0.2) is 10.0 Å². The van der Waals surface area contributed by atoms with Gasteiger partial charge in [-0.15, -0.1) is 11.3 Å². The molecule has 0 saturated carbocycles. The van der Waals surface area contributed by atoms with Crippen molar-refractivity contribution in [2.75, 3.05) is 0 Å². The highest BCUT2D eigenvalue weighted by atomic mass is 35.5. The van der Waals surface area contributed by atoms with Crippen LogP contribution in [-0.4, -0.2) is 21.0 Å². The van der Waals surface area contributed by atoms with Crippen LogP contribution in [-0.2, 0) is 6.18 Å². The molecular weight excluding hydrogens is 305 g/mol. The monoisotopic (exact) mass is 308 g/mol. The zero-order chi connectivity index (χ0) is 14.2. The van der Waals surface area contributed by atoms with E-state index in [4.69, 9.17) is 16.7 Å². The molecule has 2 aromatic rings. The van der Waals surface area contributed by atoms with E-state index in [0.29, 0.717) is 0 Å². The van der Waals surface area contributed by atoms with Crippen molar-refractivity contribution in [2.45, 2.75) is 6.18 Å². The summed E-state index contributed by atoms with van der Waals surface area (Å²) in [7, 11) is 0. The first-order chi connectivity index (χ1) is 8.79. The maximum absolute atomic E-state index is 12.3.